The van der Waals surface area contributed by atoms with E-state index in [0.717, 1.165) is 6.08 Å². The second kappa shape index (κ2) is 3.87. The van der Waals surface area contributed by atoms with E-state index in [1.807, 2.05) is 0 Å². The van der Waals surface area contributed by atoms with E-state index in [4.69, 9.17) is 10.2 Å². The van der Waals surface area contributed by atoms with Crippen molar-refractivity contribution < 1.29 is 25.2 Å². The summed E-state index contributed by atoms with van der Waals surface area (Å²) in [6, 6.07) is 0. The summed E-state index contributed by atoms with van der Waals surface area (Å²) >= 11 is 0. The maximum absolute atomic E-state index is 10.5. The number of carboxylic acids is 1. The van der Waals surface area contributed by atoms with Gasteiger partial charge in [0.1, 0.15) is 0 Å². The molecule has 74 valence electrons. The number of aliphatic hydroxyl groups excluding tert-OH is 3. The van der Waals surface area contributed by atoms with Crippen molar-refractivity contribution in [2.75, 3.05) is 6.61 Å². The zero-order valence-electron chi connectivity index (χ0n) is 6.92. The Labute approximate surface area is 74.9 Å². The third kappa shape index (κ3) is 2.06. The molecule has 5 nitrogen and oxygen atoms in total. The highest BCUT2D eigenvalue weighted by atomic mass is 16.4. The molecule has 1 rings (SSSR count). The quantitative estimate of drug-likeness (QED) is 0.433. The molecular formula is C8H12O5. The molecule has 3 atom stereocenters. The Bertz CT molecular complexity index is 235. The molecule has 0 saturated heterocycles. The standard InChI is InChI=1S/C8H12O5/c9-3-5-1-4(8(12)13)2-6(10)7(5)11/h2,5-7,9-11H,1,3H2,(H,12,13)/t5-,6-,7+/m0/s1. The van der Waals surface area contributed by atoms with Crippen LogP contribution < -0.4 is 0 Å². The number of aliphatic hydroxyl groups is 3. The third-order valence-corrected chi connectivity index (χ3v) is 2.20. The molecular weight excluding hydrogens is 176 g/mol. The summed E-state index contributed by atoms with van der Waals surface area (Å²) in [5, 5.41) is 35.9. The molecule has 0 amide bonds. The number of carbonyl (C=O) groups is 1. The lowest BCUT2D eigenvalue weighted by molar-refractivity contribution is -0.133. The van der Waals surface area contributed by atoms with Crippen molar-refractivity contribution in [1.82, 2.24) is 0 Å². The van der Waals surface area contributed by atoms with Crippen LogP contribution in [0.25, 0.3) is 0 Å². The Balaban J connectivity index is 2.81. The van der Waals surface area contributed by atoms with E-state index in [2.05, 4.69) is 0 Å². The Morgan fingerprint density at radius 3 is 2.62 bits per heavy atom. The first kappa shape index (κ1) is 10.2. The number of rotatable bonds is 2. The summed E-state index contributed by atoms with van der Waals surface area (Å²) in [5.41, 5.74) is 0.0388. The number of hydrogen-bond acceptors (Lipinski definition) is 4. The Hall–Kier alpha value is -0.910. The maximum Gasteiger partial charge on any atom is 0.331 e. The molecule has 0 bridgehead atoms. The van der Waals surface area contributed by atoms with Gasteiger partial charge in [-0.2, -0.15) is 0 Å². The molecule has 0 radical (unpaired) electrons. The minimum atomic E-state index is -1.20. The molecule has 1 aliphatic rings. The first-order valence-electron chi connectivity index (χ1n) is 3.97. The molecule has 0 saturated carbocycles. The van der Waals surface area contributed by atoms with Gasteiger partial charge in [0.15, 0.2) is 0 Å². The molecule has 13 heavy (non-hydrogen) atoms. The van der Waals surface area contributed by atoms with Crippen molar-refractivity contribution in [3.05, 3.63) is 11.6 Å². The first-order valence-corrected chi connectivity index (χ1v) is 3.97. The Morgan fingerprint density at radius 2 is 2.15 bits per heavy atom. The fourth-order valence-corrected chi connectivity index (χ4v) is 1.39. The fourth-order valence-electron chi connectivity index (χ4n) is 1.39. The van der Waals surface area contributed by atoms with Gasteiger partial charge in [-0.25, -0.2) is 4.79 Å². The van der Waals surface area contributed by atoms with Crippen LogP contribution in [0, 0.1) is 5.92 Å². The van der Waals surface area contributed by atoms with Crippen LogP contribution in [0.5, 0.6) is 0 Å². The molecule has 0 unspecified atom stereocenters. The number of carboxylic acid groups (broad SMARTS) is 1. The van der Waals surface area contributed by atoms with Crippen LogP contribution in [0.4, 0.5) is 0 Å². The molecule has 5 heteroatoms. The highest BCUT2D eigenvalue weighted by Crippen LogP contribution is 2.24. The molecule has 0 spiro atoms. The minimum Gasteiger partial charge on any atom is -0.478 e. The predicted octanol–water partition coefficient (Wildman–Crippen LogP) is -1.27. The largest absolute Gasteiger partial charge is 0.478 e. The zero-order valence-corrected chi connectivity index (χ0v) is 6.92. The summed E-state index contributed by atoms with van der Waals surface area (Å²) in [4.78, 5) is 10.5. The van der Waals surface area contributed by atoms with Crippen LogP contribution >= 0.6 is 0 Å². The summed E-state index contributed by atoms with van der Waals surface area (Å²) in [6.07, 6.45) is -1.08. The monoisotopic (exact) mass is 188 g/mol. The fraction of sp³-hybridized carbons (Fsp3) is 0.625. The highest BCUT2D eigenvalue weighted by Gasteiger charge is 2.32. The molecule has 0 aromatic rings. The Morgan fingerprint density at radius 1 is 1.54 bits per heavy atom. The van der Waals surface area contributed by atoms with Crippen molar-refractivity contribution >= 4 is 5.97 Å². The van der Waals surface area contributed by atoms with Gasteiger partial charge in [0.05, 0.1) is 12.2 Å². The van der Waals surface area contributed by atoms with Crippen LogP contribution in [-0.2, 0) is 4.79 Å². The van der Waals surface area contributed by atoms with E-state index in [0.29, 0.717) is 0 Å². The topological polar surface area (TPSA) is 98.0 Å². The van der Waals surface area contributed by atoms with Gasteiger partial charge >= 0.3 is 5.97 Å². The summed E-state index contributed by atoms with van der Waals surface area (Å²) in [6.45, 7) is -0.331. The average Bonchev–Trinajstić information content (AvgIpc) is 2.09. The molecule has 0 aliphatic heterocycles. The lowest BCUT2D eigenvalue weighted by Gasteiger charge is -2.28. The maximum atomic E-state index is 10.5. The molecule has 0 fully saturated rings. The van der Waals surface area contributed by atoms with Gasteiger partial charge in [-0.15, -0.1) is 0 Å². The lowest BCUT2D eigenvalue weighted by atomic mass is 9.85. The summed E-state index contributed by atoms with van der Waals surface area (Å²) in [5.74, 6) is -1.71. The van der Waals surface area contributed by atoms with Crippen LogP contribution in [0.2, 0.25) is 0 Å². The van der Waals surface area contributed by atoms with Crippen LogP contribution in [-0.4, -0.2) is 45.2 Å². The van der Waals surface area contributed by atoms with Gasteiger partial charge in [0, 0.05) is 18.1 Å². The van der Waals surface area contributed by atoms with E-state index in [-0.39, 0.29) is 18.6 Å². The molecule has 0 aromatic carbocycles. The van der Waals surface area contributed by atoms with E-state index in [1.165, 1.54) is 0 Å². The smallest absolute Gasteiger partial charge is 0.331 e. The van der Waals surface area contributed by atoms with Crippen LogP contribution in [0.1, 0.15) is 6.42 Å². The van der Waals surface area contributed by atoms with Crippen molar-refractivity contribution in [2.45, 2.75) is 18.6 Å². The summed E-state index contributed by atoms with van der Waals surface area (Å²) in [7, 11) is 0. The average molecular weight is 188 g/mol. The normalized spacial score (nSPS) is 34.1. The van der Waals surface area contributed by atoms with E-state index >= 15 is 0 Å². The van der Waals surface area contributed by atoms with Crippen molar-refractivity contribution in [3.8, 4) is 0 Å². The zero-order chi connectivity index (χ0) is 10.0. The van der Waals surface area contributed by atoms with Crippen LogP contribution in [0.3, 0.4) is 0 Å². The molecule has 4 N–H and O–H groups in total. The van der Waals surface area contributed by atoms with E-state index < -0.39 is 24.1 Å². The molecule has 0 aromatic heterocycles. The predicted molar refractivity (Wildman–Crippen MR) is 42.9 cm³/mol. The second-order valence-corrected chi connectivity index (χ2v) is 3.13. The lowest BCUT2D eigenvalue weighted by Crippen LogP contribution is -2.38. The number of hydrogen-bond donors (Lipinski definition) is 4. The van der Waals surface area contributed by atoms with Gasteiger partial charge in [-0.3, -0.25) is 0 Å². The van der Waals surface area contributed by atoms with Gasteiger partial charge in [-0.1, -0.05) is 0 Å². The van der Waals surface area contributed by atoms with Crippen LogP contribution in [0.15, 0.2) is 11.6 Å². The second-order valence-electron chi connectivity index (χ2n) is 3.13. The van der Waals surface area contributed by atoms with Gasteiger partial charge in [0.2, 0.25) is 0 Å². The van der Waals surface area contributed by atoms with E-state index in [9.17, 15) is 15.0 Å². The van der Waals surface area contributed by atoms with Gasteiger partial charge < -0.3 is 20.4 Å². The molecule has 1 aliphatic carbocycles. The van der Waals surface area contributed by atoms with Crippen molar-refractivity contribution in [3.63, 3.8) is 0 Å². The van der Waals surface area contributed by atoms with E-state index in [1.54, 1.807) is 0 Å². The SMILES string of the molecule is O=C(O)C1=C[C@H](O)[C@H](O)[C@H](CO)C1. The first-order chi connectivity index (χ1) is 6.06. The van der Waals surface area contributed by atoms with Crippen molar-refractivity contribution in [2.24, 2.45) is 5.92 Å². The summed E-state index contributed by atoms with van der Waals surface area (Å²) < 4.78 is 0. The minimum absolute atomic E-state index is 0.0388. The highest BCUT2D eigenvalue weighted by molar-refractivity contribution is 5.86. The van der Waals surface area contributed by atoms with Gasteiger partial charge in [0.25, 0.3) is 0 Å². The van der Waals surface area contributed by atoms with Gasteiger partial charge in [-0.05, 0) is 12.5 Å². The molecule has 0 heterocycles. The van der Waals surface area contributed by atoms with Crippen molar-refractivity contribution in [1.29, 1.82) is 0 Å². The number of aliphatic carboxylic acids is 1. The third-order valence-electron chi connectivity index (χ3n) is 2.20. The Kier molecular flexibility index (Phi) is 3.02.